The second kappa shape index (κ2) is 12.2. The molecule has 0 spiro atoms. The fourth-order valence-electron chi connectivity index (χ4n) is 4.57. The number of carbonyl (C=O) groups is 3. The highest BCUT2D eigenvalue weighted by Gasteiger charge is 2.40. The zero-order valence-electron chi connectivity index (χ0n) is 19.7. The summed E-state index contributed by atoms with van der Waals surface area (Å²) in [6.07, 6.45) is 5.50. The van der Waals surface area contributed by atoms with Crippen LogP contribution in [0.2, 0.25) is 0 Å². The molecule has 8 nitrogen and oxygen atoms in total. The summed E-state index contributed by atoms with van der Waals surface area (Å²) >= 11 is 3.49. The number of hydrogen-bond donors (Lipinski definition) is 2. The quantitative estimate of drug-likeness (QED) is 0.380. The van der Waals surface area contributed by atoms with Gasteiger partial charge in [0.25, 0.3) is 0 Å². The van der Waals surface area contributed by atoms with E-state index >= 15 is 0 Å². The highest BCUT2D eigenvalue weighted by Crippen LogP contribution is 2.35. The van der Waals surface area contributed by atoms with Gasteiger partial charge in [0.2, 0.25) is 0 Å². The van der Waals surface area contributed by atoms with Crippen LogP contribution in [0, 0.1) is 0 Å². The van der Waals surface area contributed by atoms with Crippen molar-refractivity contribution in [2.45, 2.75) is 63.3 Å². The maximum Gasteiger partial charge on any atom is 0.347 e. The summed E-state index contributed by atoms with van der Waals surface area (Å²) in [4.78, 5) is 34.3. The number of fused-ring (bicyclic) bond motifs is 3. The highest BCUT2D eigenvalue weighted by molar-refractivity contribution is 9.10. The lowest BCUT2D eigenvalue weighted by atomic mass is 10.0. The molecule has 188 valence electrons. The van der Waals surface area contributed by atoms with Crippen molar-refractivity contribution in [1.29, 1.82) is 0 Å². The van der Waals surface area contributed by atoms with Gasteiger partial charge in [-0.25, -0.2) is 14.4 Å². The number of benzene rings is 2. The molecule has 3 unspecified atom stereocenters. The predicted molar refractivity (Wildman–Crippen MR) is 134 cm³/mol. The van der Waals surface area contributed by atoms with Crippen molar-refractivity contribution in [1.82, 2.24) is 4.90 Å². The van der Waals surface area contributed by atoms with Gasteiger partial charge in [0.1, 0.15) is 11.9 Å². The van der Waals surface area contributed by atoms with Crippen LogP contribution >= 0.6 is 15.9 Å². The summed E-state index contributed by atoms with van der Waals surface area (Å²) in [7, 11) is 2.19. The van der Waals surface area contributed by atoms with E-state index in [1.807, 2.05) is 37.3 Å². The van der Waals surface area contributed by atoms with E-state index < -0.39 is 18.0 Å². The van der Waals surface area contributed by atoms with Gasteiger partial charge in [-0.3, -0.25) is 0 Å². The Morgan fingerprint density at radius 1 is 1.03 bits per heavy atom. The largest absolute Gasteiger partial charge is 0.479 e. The minimum Gasteiger partial charge on any atom is -0.479 e. The third-order valence-corrected chi connectivity index (χ3v) is 6.89. The number of ether oxygens (including phenoxy) is 2. The molecule has 2 saturated heterocycles. The summed E-state index contributed by atoms with van der Waals surface area (Å²) < 4.78 is 12.9. The van der Waals surface area contributed by atoms with E-state index in [-0.39, 0.29) is 12.1 Å². The lowest BCUT2D eigenvalue weighted by molar-refractivity contribution is -0.161. The molecule has 2 heterocycles. The molecule has 2 N–H and O–H groups in total. The van der Waals surface area contributed by atoms with Crippen molar-refractivity contribution >= 4 is 44.6 Å². The highest BCUT2D eigenvalue weighted by atomic mass is 79.9. The molecule has 35 heavy (non-hydrogen) atoms. The fraction of sp³-hybridized carbons (Fsp3) is 0.423. The first-order valence-electron chi connectivity index (χ1n) is 11.6. The van der Waals surface area contributed by atoms with E-state index in [1.165, 1.54) is 12.8 Å². The van der Waals surface area contributed by atoms with Gasteiger partial charge in [0, 0.05) is 28.7 Å². The van der Waals surface area contributed by atoms with Gasteiger partial charge < -0.3 is 24.6 Å². The number of esters is 1. The molecule has 0 radical (unpaired) electrons. The second-order valence-corrected chi connectivity index (χ2v) is 9.67. The van der Waals surface area contributed by atoms with Crippen molar-refractivity contribution in [3.63, 3.8) is 0 Å². The molecule has 3 atom stereocenters. The molecule has 2 bridgehead atoms. The van der Waals surface area contributed by atoms with Gasteiger partial charge in [-0.2, -0.15) is 0 Å². The first kappa shape index (κ1) is 26.7. The first-order chi connectivity index (χ1) is 16.7. The third-order valence-electron chi connectivity index (χ3n) is 6.39. The number of halogens is 1. The average Bonchev–Trinajstić information content (AvgIpc) is 3.02. The van der Waals surface area contributed by atoms with Crippen molar-refractivity contribution in [3.05, 3.63) is 53.0 Å². The number of hydrogen-bond acceptors (Lipinski definition) is 6. The van der Waals surface area contributed by atoms with Crippen molar-refractivity contribution in [2.75, 3.05) is 7.05 Å². The maximum atomic E-state index is 12.7. The molecule has 2 aliphatic heterocycles. The Morgan fingerprint density at radius 2 is 1.60 bits per heavy atom. The number of piperidine rings is 1. The topological polar surface area (TPSA) is 113 Å². The molecule has 2 aromatic carbocycles. The first-order valence-corrected chi connectivity index (χ1v) is 12.4. The number of carbonyl (C=O) groups excluding carboxylic acids is 1. The van der Waals surface area contributed by atoms with E-state index in [0.29, 0.717) is 36.4 Å². The van der Waals surface area contributed by atoms with Gasteiger partial charge in [0.05, 0.1) is 0 Å². The summed E-state index contributed by atoms with van der Waals surface area (Å²) in [6.45, 7) is 1.96. The van der Waals surface area contributed by atoms with Crippen LogP contribution in [0.4, 0.5) is 0 Å². The zero-order chi connectivity index (χ0) is 25.5. The van der Waals surface area contributed by atoms with E-state index in [4.69, 9.17) is 19.7 Å². The van der Waals surface area contributed by atoms with Crippen LogP contribution in [-0.4, -0.2) is 64.4 Å². The van der Waals surface area contributed by atoms with Crippen molar-refractivity contribution in [2.24, 2.45) is 0 Å². The standard InChI is InChI=1S/C22H26BrNO3.C4H4O4/c1-3-21(22(25)27-20-12-17-7-8-18(13-20)24(17)2)26-19-9-5-14-10-16(23)6-4-15(14)11-19;5-3(6)1-2-4(7)8/h4-6,9-11,17-18,20-21H,3,7-8,12-13H2,1-2H3;1-2H,(H,5,6)(H,7,8)/b;2-1-. The van der Waals surface area contributed by atoms with E-state index in [9.17, 15) is 14.4 Å². The molecule has 0 aromatic heterocycles. The van der Waals surface area contributed by atoms with Crippen molar-refractivity contribution in [3.8, 4) is 5.75 Å². The Morgan fingerprint density at radius 3 is 2.17 bits per heavy atom. The van der Waals surface area contributed by atoms with Crippen LogP contribution in [-0.2, 0) is 19.1 Å². The normalized spacial score (nSPS) is 22.3. The molecular weight excluding hydrogens is 518 g/mol. The Bertz CT molecular complexity index is 1070. The molecule has 2 aliphatic rings. The SMILES string of the molecule is CCC(Oc1ccc2cc(Br)ccc2c1)C(=O)OC1CC2CCC(C1)N2C.O=C(O)/C=C\C(=O)O. The van der Waals surface area contributed by atoms with Gasteiger partial charge in [-0.1, -0.05) is 35.0 Å². The minimum atomic E-state index is -1.26. The van der Waals surface area contributed by atoms with Gasteiger partial charge >= 0.3 is 17.9 Å². The monoisotopic (exact) mass is 547 g/mol. The predicted octanol–water partition coefficient (Wildman–Crippen LogP) is 4.64. The molecular formula is C26H30BrNO7. The van der Waals surface area contributed by atoms with Crippen LogP contribution in [0.1, 0.15) is 39.0 Å². The molecule has 4 rings (SSSR count). The smallest absolute Gasteiger partial charge is 0.347 e. The van der Waals surface area contributed by atoms with Gasteiger partial charge in [-0.15, -0.1) is 0 Å². The lowest BCUT2D eigenvalue weighted by Gasteiger charge is -2.36. The minimum absolute atomic E-state index is 0.0257. The molecule has 2 fully saturated rings. The molecule has 0 amide bonds. The zero-order valence-corrected chi connectivity index (χ0v) is 21.3. The van der Waals surface area contributed by atoms with Crippen molar-refractivity contribution < 1.29 is 34.1 Å². The van der Waals surface area contributed by atoms with Crippen LogP contribution in [0.25, 0.3) is 10.8 Å². The lowest BCUT2D eigenvalue weighted by Crippen LogP contribution is -2.44. The average molecular weight is 548 g/mol. The summed E-state index contributed by atoms with van der Waals surface area (Å²) in [5.74, 6) is -2.04. The van der Waals surface area contributed by atoms with Gasteiger partial charge in [-0.05, 0) is 74.2 Å². The third kappa shape index (κ3) is 7.53. The van der Waals surface area contributed by atoms with Crippen LogP contribution < -0.4 is 4.74 Å². The van der Waals surface area contributed by atoms with Gasteiger partial charge in [0.15, 0.2) is 6.10 Å². The van der Waals surface area contributed by atoms with E-state index in [0.717, 1.165) is 28.1 Å². The van der Waals surface area contributed by atoms with E-state index in [2.05, 4.69) is 33.9 Å². The van der Waals surface area contributed by atoms with Crippen LogP contribution in [0.5, 0.6) is 5.75 Å². The van der Waals surface area contributed by atoms with E-state index in [1.54, 1.807) is 0 Å². The van der Waals surface area contributed by atoms with Crippen LogP contribution in [0.3, 0.4) is 0 Å². The molecule has 0 saturated carbocycles. The van der Waals surface area contributed by atoms with Crippen LogP contribution in [0.15, 0.2) is 53.0 Å². The Hall–Kier alpha value is -2.91. The fourth-order valence-corrected chi connectivity index (χ4v) is 4.95. The molecule has 0 aliphatic carbocycles. The summed E-state index contributed by atoms with van der Waals surface area (Å²) in [5.41, 5.74) is 0. The maximum absolute atomic E-state index is 12.7. The number of carboxylic acids is 2. The number of carboxylic acid groups (broad SMARTS) is 2. The molecule has 2 aromatic rings. The Kier molecular flexibility index (Phi) is 9.28. The number of rotatable bonds is 7. The Labute approximate surface area is 212 Å². The molecule has 9 heteroatoms. The summed E-state index contributed by atoms with van der Waals surface area (Å²) in [5, 5.41) is 17.8. The Balaban J connectivity index is 0.000000371. The summed E-state index contributed by atoms with van der Waals surface area (Å²) in [6, 6.07) is 13.1. The number of aliphatic carboxylic acids is 2. The number of nitrogens with zero attached hydrogens (tertiary/aromatic N) is 1. The second-order valence-electron chi connectivity index (χ2n) is 8.76.